The molecule has 2 aliphatic rings. The summed E-state index contributed by atoms with van der Waals surface area (Å²) in [5, 5.41) is 11.0. The minimum absolute atomic E-state index is 0.450. The van der Waals surface area contributed by atoms with Gasteiger partial charge in [-0.05, 0) is 68.8 Å². The third-order valence-corrected chi connectivity index (χ3v) is 5.18. The molecule has 2 rings (SSSR count). The van der Waals surface area contributed by atoms with Crippen LogP contribution in [-0.2, 0) is 0 Å². The Labute approximate surface area is 113 Å². The minimum atomic E-state index is -0.450. The molecule has 0 spiro atoms. The SMILES string of the molecule is CC(C)C1CCCC(O)(C2=CCCCCC2)CC1. The average Bonchev–Trinajstić information content (AvgIpc) is 2.70. The first-order valence-corrected chi connectivity index (χ1v) is 8.04. The van der Waals surface area contributed by atoms with Crippen LogP contribution in [0.15, 0.2) is 11.6 Å². The Balaban J connectivity index is 2.03. The Morgan fingerprint density at radius 2 is 1.94 bits per heavy atom. The summed E-state index contributed by atoms with van der Waals surface area (Å²) in [5.41, 5.74) is 0.929. The molecule has 0 aromatic carbocycles. The van der Waals surface area contributed by atoms with Gasteiger partial charge >= 0.3 is 0 Å². The third-order valence-electron chi connectivity index (χ3n) is 5.18. The van der Waals surface area contributed by atoms with Crippen LogP contribution in [0.25, 0.3) is 0 Å². The highest BCUT2D eigenvalue weighted by atomic mass is 16.3. The lowest BCUT2D eigenvalue weighted by Crippen LogP contribution is -2.30. The first kappa shape index (κ1) is 14.1. The van der Waals surface area contributed by atoms with E-state index in [9.17, 15) is 5.11 Å². The Morgan fingerprint density at radius 3 is 2.72 bits per heavy atom. The maximum absolute atomic E-state index is 11.0. The van der Waals surface area contributed by atoms with E-state index < -0.39 is 5.60 Å². The molecule has 1 saturated carbocycles. The Kier molecular flexibility index (Phi) is 4.89. The second-order valence-electron chi connectivity index (χ2n) is 6.80. The van der Waals surface area contributed by atoms with Gasteiger partial charge in [0.2, 0.25) is 0 Å². The van der Waals surface area contributed by atoms with Crippen LogP contribution in [0.2, 0.25) is 0 Å². The molecule has 2 atom stereocenters. The highest BCUT2D eigenvalue weighted by molar-refractivity contribution is 5.18. The monoisotopic (exact) mass is 250 g/mol. The molecule has 0 amide bonds. The number of rotatable bonds is 2. The summed E-state index contributed by atoms with van der Waals surface area (Å²) in [4.78, 5) is 0. The molecule has 0 heterocycles. The zero-order chi connectivity index (χ0) is 13.0. The molecule has 104 valence electrons. The molecule has 1 nitrogen and oxygen atoms in total. The summed E-state index contributed by atoms with van der Waals surface area (Å²) >= 11 is 0. The lowest BCUT2D eigenvalue weighted by molar-refractivity contribution is 0.0566. The van der Waals surface area contributed by atoms with Gasteiger partial charge in [0.1, 0.15) is 0 Å². The molecule has 2 aliphatic carbocycles. The molecule has 1 fully saturated rings. The molecule has 1 N–H and O–H groups in total. The number of hydrogen-bond donors (Lipinski definition) is 1. The summed E-state index contributed by atoms with van der Waals surface area (Å²) in [6.07, 6.45) is 14.4. The highest BCUT2D eigenvalue weighted by Gasteiger charge is 2.34. The van der Waals surface area contributed by atoms with E-state index in [2.05, 4.69) is 19.9 Å². The summed E-state index contributed by atoms with van der Waals surface area (Å²) < 4.78 is 0. The first-order chi connectivity index (χ1) is 8.62. The lowest BCUT2D eigenvalue weighted by Gasteiger charge is -2.30. The van der Waals surface area contributed by atoms with Gasteiger partial charge in [-0.3, -0.25) is 0 Å². The Morgan fingerprint density at radius 1 is 1.11 bits per heavy atom. The van der Waals surface area contributed by atoms with Crippen LogP contribution in [0, 0.1) is 11.8 Å². The van der Waals surface area contributed by atoms with E-state index >= 15 is 0 Å². The quantitative estimate of drug-likeness (QED) is 0.549. The Hall–Kier alpha value is -0.300. The molecule has 1 heteroatoms. The molecule has 0 aliphatic heterocycles. The molecule has 0 aromatic rings. The van der Waals surface area contributed by atoms with Crippen molar-refractivity contribution in [2.45, 2.75) is 83.7 Å². The minimum Gasteiger partial charge on any atom is -0.386 e. The fourth-order valence-corrected chi connectivity index (χ4v) is 3.78. The van der Waals surface area contributed by atoms with Gasteiger partial charge in [-0.1, -0.05) is 32.8 Å². The standard InChI is InChI=1S/C17H30O/c1-14(2)15-8-7-12-17(18,13-11-15)16-9-5-3-4-6-10-16/h9,14-15,18H,3-8,10-13H2,1-2H3. The van der Waals surface area contributed by atoms with Crippen LogP contribution < -0.4 is 0 Å². The van der Waals surface area contributed by atoms with Crippen molar-refractivity contribution in [3.8, 4) is 0 Å². The second kappa shape index (κ2) is 6.23. The van der Waals surface area contributed by atoms with E-state index in [0.717, 1.165) is 31.1 Å². The van der Waals surface area contributed by atoms with E-state index in [4.69, 9.17) is 0 Å². The van der Waals surface area contributed by atoms with E-state index in [1.165, 1.54) is 50.5 Å². The van der Waals surface area contributed by atoms with Gasteiger partial charge in [0.25, 0.3) is 0 Å². The van der Waals surface area contributed by atoms with Crippen molar-refractivity contribution in [2.24, 2.45) is 11.8 Å². The van der Waals surface area contributed by atoms with Crippen LogP contribution in [0.3, 0.4) is 0 Å². The smallest absolute Gasteiger partial charge is 0.0856 e. The van der Waals surface area contributed by atoms with E-state index in [0.29, 0.717) is 0 Å². The summed E-state index contributed by atoms with van der Waals surface area (Å²) in [6, 6.07) is 0. The molecule has 0 bridgehead atoms. The number of allylic oxidation sites excluding steroid dienone is 1. The molecular weight excluding hydrogens is 220 g/mol. The van der Waals surface area contributed by atoms with Crippen molar-refractivity contribution < 1.29 is 5.11 Å². The predicted molar refractivity (Wildman–Crippen MR) is 77.5 cm³/mol. The highest BCUT2D eigenvalue weighted by Crippen LogP contribution is 2.40. The van der Waals surface area contributed by atoms with Crippen LogP contribution in [0.4, 0.5) is 0 Å². The summed E-state index contributed by atoms with van der Waals surface area (Å²) in [7, 11) is 0. The molecular formula is C17H30O. The van der Waals surface area contributed by atoms with Crippen molar-refractivity contribution in [2.75, 3.05) is 0 Å². The normalized spacial score (nSPS) is 34.9. The van der Waals surface area contributed by atoms with Gasteiger partial charge in [0.05, 0.1) is 5.60 Å². The maximum Gasteiger partial charge on any atom is 0.0856 e. The van der Waals surface area contributed by atoms with Crippen molar-refractivity contribution in [3.05, 3.63) is 11.6 Å². The van der Waals surface area contributed by atoms with Gasteiger partial charge in [0, 0.05) is 0 Å². The molecule has 2 unspecified atom stereocenters. The van der Waals surface area contributed by atoms with E-state index in [1.807, 2.05) is 0 Å². The summed E-state index contributed by atoms with van der Waals surface area (Å²) in [5.74, 6) is 1.60. The second-order valence-corrected chi connectivity index (χ2v) is 6.80. The predicted octanol–water partition coefficient (Wildman–Crippen LogP) is 4.84. The number of aliphatic hydroxyl groups is 1. The fraction of sp³-hybridized carbons (Fsp3) is 0.882. The number of hydrogen-bond acceptors (Lipinski definition) is 1. The van der Waals surface area contributed by atoms with Gasteiger partial charge in [-0.15, -0.1) is 0 Å². The molecule has 18 heavy (non-hydrogen) atoms. The van der Waals surface area contributed by atoms with Crippen molar-refractivity contribution in [3.63, 3.8) is 0 Å². The topological polar surface area (TPSA) is 20.2 Å². The van der Waals surface area contributed by atoms with Crippen molar-refractivity contribution in [1.29, 1.82) is 0 Å². The Bertz CT molecular complexity index is 292. The van der Waals surface area contributed by atoms with Crippen LogP contribution in [0.1, 0.15) is 78.1 Å². The van der Waals surface area contributed by atoms with Gasteiger partial charge < -0.3 is 5.11 Å². The van der Waals surface area contributed by atoms with E-state index in [-0.39, 0.29) is 0 Å². The lowest BCUT2D eigenvalue weighted by atomic mass is 9.82. The summed E-state index contributed by atoms with van der Waals surface area (Å²) in [6.45, 7) is 4.67. The van der Waals surface area contributed by atoms with Gasteiger partial charge in [-0.2, -0.15) is 0 Å². The van der Waals surface area contributed by atoms with Crippen LogP contribution >= 0.6 is 0 Å². The largest absolute Gasteiger partial charge is 0.386 e. The van der Waals surface area contributed by atoms with Crippen LogP contribution in [0.5, 0.6) is 0 Å². The van der Waals surface area contributed by atoms with Gasteiger partial charge in [0.15, 0.2) is 0 Å². The zero-order valence-corrected chi connectivity index (χ0v) is 12.3. The average molecular weight is 250 g/mol. The van der Waals surface area contributed by atoms with Crippen LogP contribution in [-0.4, -0.2) is 10.7 Å². The van der Waals surface area contributed by atoms with E-state index in [1.54, 1.807) is 0 Å². The third kappa shape index (κ3) is 3.38. The molecule has 0 aromatic heterocycles. The van der Waals surface area contributed by atoms with Crippen molar-refractivity contribution in [1.82, 2.24) is 0 Å². The van der Waals surface area contributed by atoms with Crippen molar-refractivity contribution >= 4 is 0 Å². The fourth-order valence-electron chi connectivity index (χ4n) is 3.78. The van der Waals surface area contributed by atoms with Gasteiger partial charge in [-0.25, -0.2) is 0 Å². The maximum atomic E-state index is 11.0. The molecule has 0 radical (unpaired) electrons. The first-order valence-electron chi connectivity index (χ1n) is 8.04. The zero-order valence-electron chi connectivity index (χ0n) is 12.3. The molecule has 0 saturated heterocycles.